The van der Waals surface area contributed by atoms with E-state index in [0.29, 0.717) is 6.73 Å². The largest absolute Gasteiger partial charge is 0.342 e. The van der Waals surface area contributed by atoms with Gasteiger partial charge in [-0.1, -0.05) is 103 Å². The predicted molar refractivity (Wildman–Crippen MR) is 124 cm³/mol. The zero-order chi connectivity index (χ0) is 20.6. The number of rotatable bonds is 18. The summed E-state index contributed by atoms with van der Waals surface area (Å²) < 4.78 is 10.5. The van der Waals surface area contributed by atoms with E-state index in [9.17, 15) is 0 Å². The zero-order valence-electron chi connectivity index (χ0n) is 19.2. The van der Waals surface area contributed by atoms with E-state index in [0.717, 1.165) is 13.2 Å². The Morgan fingerprint density at radius 2 is 1.28 bits per heavy atom. The molecule has 1 aromatic carbocycles. The lowest BCUT2D eigenvalue weighted by Crippen LogP contribution is -2.33. The Morgan fingerprint density at radius 1 is 0.724 bits per heavy atom. The Bertz CT molecular complexity index is 649. The van der Waals surface area contributed by atoms with Crippen LogP contribution in [-0.4, -0.2) is 11.2 Å². The second kappa shape index (κ2) is 15.5. The molecule has 164 valence electrons. The molecule has 0 N–H and O–H groups in total. The Morgan fingerprint density at radius 3 is 1.86 bits per heavy atom. The van der Waals surface area contributed by atoms with E-state index in [-0.39, 0.29) is 0 Å². The number of hydrogen-bond acceptors (Lipinski definition) is 1. The maximum absolute atomic E-state index is 5.94. The Hall–Kier alpha value is -1.35. The van der Waals surface area contributed by atoms with Crippen LogP contribution >= 0.6 is 0 Å². The van der Waals surface area contributed by atoms with Gasteiger partial charge in [-0.3, -0.25) is 0 Å². The number of ether oxygens (including phenoxy) is 1. The summed E-state index contributed by atoms with van der Waals surface area (Å²) in [5.41, 5.74) is 2.55. The first-order chi connectivity index (χ1) is 14.4. The van der Waals surface area contributed by atoms with Crippen molar-refractivity contribution in [1.82, 2.24) is 4.57 Å². The summed E-state index contributed by atoms with van der Waals surface area (Å²) in [5, 5.41) is 0. The number of para-hydroxylation sites is 2. The number of unbranched alkanes of at least 4 members (excludes halogenated alkanes) is 13. The molecule has 2 aromatic rings. The standard InChI is InChI=1S/C26H45N2O/c1-3-5-6-7-8-9-10-11-12-13-14-15-16-19-22-29-24-28-23-27(4-2)25-20-17-18-21-26(25)28/h17-18,20-21,23H,3-16,19,22,24H2,1-2H3/q+1. The molecule has 0 unspecified atom stereocenters. The van der Waals surface area contributed by atoms with Crippen molar-refractivity contribution in [1.29, 1.82) is 0 Å². The van der Waals surface area contributed by atoms with Crippen molar-refractivity contribution < 1.29 is 9.30 Å². The average Bonchev–Trinajstić information content (AvgIpc) is 3.11. The summed E-state index contributed by atoms with van der Waals surface area (Å²) in [5.74, 6) is 0. The summed E-state index contributed by atoms with van der Waals surface area (Å²) in [6.45, 7) is 7.00. The minimum atomic E-state index is 0.659. The molecule has 0 atom stereocenters. The molecule has 0 saturated heterocycles. The fraction of sp³-hybridized carbons (Fsp3) is 0.731. The molecule has 3 heteroatoms. The van der Waals surface area contributed by atoms with Crippen molar-refractivity contribution in [3.05, 3.63) is 30.6 Å². The molecule has 1 heterocycles. The van der Waals surface area contributed by atoms with Gasteiger partial charge in [0.2, 0.25) is 6.33 Å². The van der Waals surface area contributed by atoms with Gasteiger partial charge in [0, 0.05) is 0 Å². The molecule has 3 nitrogen and oxygen atoms in total. The van der Waals surface area contributed by atoms with Gasteiger partial charge in [0.15, 0.2) is 17.8 Å². The fourth-order valence-electron chi connectivity index (χ4n) is 4.16. The SMILES string of the molecule is CCCCCCCCCCCCCCCCOC[n+]1cn(CC)c2ccccc21. The zero-order valence-corrected chi connectivity index (χ0v) is 19.2. The van der Waals surface area contributed by atoms with Gasteiger partial charge in [0.25, 0.3) is 0 Å². The highest BCUT2D eigenvalue weighted by Gasteiger charge is 2.13. The molecule has 0 radical (unpaired) electrons. The summed E-state index contributed by atoms with van der Waals surface area (Å²) >= 11 is 0. The maximum Gasteiger partial charge on any atom is 0.246 e. The lowest BCUT2D eigenvalue weighted by Gasteiger charge is -2.04. The van der Waals surface area contributed by atoms with Gasteiger partial charge in [-0.25, -0.2) is 9.13 Å². The molecule has 1 aromatic heterocycles. The number of nitrogens with zero attached hydrogens (tertiary/aromatic N) is 2. The van der Waals surface area contributed by atoms with Crippen LogP contribution in [0.2, 0.25) is 0 Å². The first kappa shape index (κ1) is 23.9. The fourth-order valence-corrected chi connectivity index (χ4v) is 4.16. The van der Waals surface area contributed by atoms with Gasteiger partial charge >= 0.3 is 0 Å². The predicted octanol–water partition coefficient (Wildman–Crippen LogP) is 7.40. The van der Waals surface area contributed by atoms with E-state index < -0.39 is 0 Å². The lowest BCUT2D eigenvalue weighted by molar-refractivity contribution is -0.710. The van der Waals surface area contributed by atoms with Crippen LogP contribution in [0.4, 0.5) is 0 Å². The van der Waals surface area contributed by atoms with E-state index >= 15 is 0 Å². The van der Waals surface area contributed by atoms with Crippen molar-refractivity contribution in [2.75, 3.05) is 6.61 Å². The van der Waals surface area contributed by atoms with Gasteiger partial charge in [-0.15, -0.1) is 0 Å². The molecule has 0 aliphatic carbocycles. The number of fused-ring (bicyclic) bond motifs is 1. The van der Waals surface area contributed by atoms with Gasteiger partial charge in [0.05, 0.1) is 13.2 Å². The van der Waals surface area contributed by atoms with E-state index in [1.807, 2.05) is 0 Å². The van der Waals surface area contributed by atoms with E-state index in [4.69, 9.17) is 4.74 Å². The van der Waals surface area contributed by atoms with Crippen molar-refractivity contribution >= 4 is 11.0 Å². The van der Waals surface area contributed by atoms with Crippen LogP contribution in [0.25, 0.3) is 11.0 Å². The third kappa shape index (κ3) is 9.33. The molecule has 0 aliphatic heterocycles. The molecular weight excluding hydrogens is 356 g/mol. The quantitative estimate of drug-likeness (QED) is 0.188. The Kier molecular flexibility index (Phi) is 12.8. The molecular formula is C26H45N2O+. The molecule has 0 aliphatic rings. The molecule has 0 saturated carbocycles. The second-order valence-electron chi connectivity index (χ2n) is 8.49. The maximum atomic E-state index is 5.94. The molecule has 0 fully saturated rings. The monoisotopic (exact) mass is 401 g/mol. The first-order valence-corrected chi connectivity index (χ1v) is 12.4. The number of aryl methyl sites for hydroxylation is 1. The van der Waals surface area contributed by atoms with Crippen molar-refractivity contribution in [2.45, 2.75) is 117 Å². The minimum Gasteiger partial charge on any atom is -0.342 e. The number of aromatic nitrogens is 2. The number of benzene rings is 1. The van der Waals surface area contributed by atoms with E-state index in [1.165, 1.54) is 101 Å². The van der Waals surface area contributed by atoms with Crippen LogP contribution in [0.1, 0.15) is 104 Å². The van der Waals surface area contributed by atoms with Crippen LogP contribution in [0.5, 0.6) is 0 Å². The number of hydrogen-bond donors (Lipinski definition) is 0. The van der Waals surface area contributed by atoms with Crippen LogP contribution in [0.15, 0.2) is 30.6 Å². The molecule has 29 heavy (non-hydrogen) atoms. The minimum absolute atomic E-state index is 0.659. The smallest absolute Gasteiger partial charge is 0.246 e. The van der Waals surface area contributed by atoms with Crippen LogP contribution in [0, 0.1) is 0 Å². The second-order valence-corrected chi connectivity index (χ2v) is 8.49. The highest BCUT2D eigenvalue weighted by Crippen LogP contribution is 2.13. The summed E-state index contributed by atoms with van der Waals surface area (Å²) in [6, 6.07) is 8.57. The third-order valence-electron chi connectivity index (χ3n) is 5.99. The van der Waals surface area contributed by atoms with Gasteiger partial charge in [0.1, 0.15) is 0 Å². The lowest BCUT2D eigenvalue weighted by atomic mass is 10.0. The molecule has 0 amide bonds. The van der Waals surface area contributed by atoms with Crippen LogP contribution in [0.3, 0.4) is 0 Å². The highest BCUT2D eigenvalue weighted by atomic mass is 16.5. The van der Waals surface area contributed by atoms with Gasteiger partial charge in [-0.2, -0.15) is 0 Å². The third-order valence-corrected chi connectivity index (χ3v) is 5.99. The number of imidazole rings is 1. The normalized spacial score (nSPS) is 11.5. The van der Waals surface area contributed by atoms with E-state index in [1.54, 1.807) is 0 Å². The Labute approximate surface area is 179 Å². The van der Waals surface area contributed by atoms with Crippen molar-refractivity contribution in [2.24, 2.45) is 0 Å². The van der Waals surface area contributed by atoms with Crippen molar-refractivity contribution in [3.8, 4) is 0 Å². The van der Waals surface area contributed by atoms with Crippen LogP contribution < -0.4 is 4.57 Å². The Balaban J connectivity index is 1.41. The summed E-state index contributed by atoms with van der Waals surface area (Å²) in [7, 11) is 0. The van der Waals surface area contributed by atoms with Crippen molar-refractivity contribution in [3.63, 3.8) is 0 Å². The average molecular weight is 402 g/mol. The molecule has 0 bridgehead atoms. The molecule has 2 rings (SSSR count). The van der Waals surface area contributed by atoms with Gasteiger partial charge in [-0.05, 0) is 25.5 Å². The highest BCUT2D eigenvalue weighted by molar-refractivity contribution is 5.71. The topological polar surface area (TPSA) is 18.0 Å². The van der Waals surface area contributed by atoms with Crippen LogP contribution in [-0.2, 0) is 18.0 Å². The summed E-state index contributed by atoms with van der Waals surface area (Å²) in [6.07, 6.45) is 21.8. The first-order valence-electron chi connectivity index (χ1n) is 12.4. The van der Waals surface area contributed by atoms with E-state index in [2.05, 4.69) is 53.6 Å². The summed E-state index contributed by atoms with van der Waals surface area (Å²) in [4.78, 5) is 0. The van der Waals surface area contributed by atoms with Gasteiger partial charge < -0.3 is 4.74 Å². The molecule has 0 spiro atoms.